The van der Waals surface area contributed by atoms with Gasteiger partial charge in [-0.2, -0.15) is 0 Å². The fourth-order valence-electron chi connectivity index (χ4n) is 1.58. The number of carboxylic acid groups (broad SMARTS) is 1. The van der Waals surface area contributed by atoms with Crippen LogP contribution in [0.3, 0.4) is 0 Å². The van der Waals surface area contributed by atoms with Gasteiger partial charge in [-0.3, -0.25) is 0 Å². The highest BCUT2D eigenvalue weighted by atomic mass is 16.4. The number of pyridine rings is 1. The topological polar surface area (TPSA) is 70.4 Å². The fourth-order valence-corrected chi connectivity index (χ4v) is 1.58. The summed E-state index contributed by atoms with van der Waals surface area (Å²) in [6.45, 7) is 3.85. The van der Waals surface area contributed by atoms with Crippen molar-refractivity contribution in [1.29, 1.82) is 0 Å². The van der Waals surface area contributed by atoms with E-state index >= 15 is 0 Å². The minimum absolute atomic E-state index is 0.0505. The van der Waals surface area contributed by atoms with Crippen LogP contribution in [-0.4, -0.2) is 21.2 Å². The first kappa shape index (κ1) is 10.4. The van der Waals surface area contributed by atoms with Crippen LogP contribution in [0.1, 0.15) is 21.6 Å². The zero-order chi connectivity index (χ0) is 11.9. The van der Waals surface area contributed by atoms with E-state index in [1.807, 2.05) is 13.8 Å². The summed E-state index contributed by atoms with van der Waals surface area (Å²) in [5.74, 6) is -1.19. The first-order valence-corrected chi connectivity index (χ1v) is 4.83. The van der Waals surface area contributed by atoms with Crippen molar-refractivity contribution in [2.75, 3.05) is 0 Å². The Labute approximate surface area is 92.2 Å². The van der Waals surface area contributed by atoms with Crippen LogP contribution in [-0.2, 0) is 0 Å². The maximum absolute atomic E-state index is 10.8. The lowest BCUT2D eigenvalue weighted by Gasteiger charge is -2.06. The zero-order valence-electron chi connectivity index (χ0n) is 8.98. The van der Waals surface area contributed by atoms with E-state index in [1.165, 1.54) is 6.07 Å². The highest BCUT2D eigenvalue weighted by Gasteiger charge is 2.11. The van der Waals surface area contributed by atoms with E-state index < -0.39 is 5.97 Å². The Morgan fingerprint density at radius 1 is 1.19 bits per heavy atom. The van der Waals surface area contributed by atoms with Crippen molar-refractivity contribution < 1.29 is 15.0 Å². The molecule has 0 radical (unpaired) electrons. The Balaban J connectivity index is 2.82. The van der Waals surface area contributed by atoms with Crippen LogP contribution in [0, 0.1) is 13.8 Å². The maximum atomic E-state index is 10.8. The van der Waals surface area contributed by atoms with Gasteiger partial charge in [-0.05, 0) is 37.1 Å². The highest BCUT2D eigenvalue weighted by Crippen LogP contribution is 2.26. The molecule has 82 valence electrons. The van der Waals surface area contributed by atoms with Gasteiger partial charge in [0.2, 0.25) is 0 Å². The van der Waals surface area contributed by atoms with E-state index in [0.29, 0.717) is 10.9 Å². The molecular formula is C12H11NO3. The largest absolute Gasteiger partial charge is 0.507 e. The maximum Gasteiger partial charge on any atom is 0.354 e. The number of hydrogen-bond donors (Lipinski definition) is 2. The third kappa shape index (κ3) is 1.58. The van der Waals surface area contributed by atoms with Crippen molar-refractivity contribution in [2.45, 2.75) is 13.8 Å². The Morgan fingerprint density at radius 2 is 1.81 bits per heavy atom. The average Bonchev–Trinajstić information content (AvgIpc) is 2.20. The van der Waals surface area contributed by atoms with Gasteiger partial charge in [0.25, 0.3) is 0 Å². The number of carbonyl (C=O) groups is 1. The number of aryl methyl sites for hydroxylation is 2. The van der Waals surface area contributed by atoms with Gasteiger partial charge >= 0.3 is 5.97 Å². The van der Waals surface area contributed by atoms with Gasteiger partial charge in [-0.25, -0.2) is 9.78 Å². The predicted molar refractivity (Wildman–Crippen MR) is 59.8 cm³/mol. The lowest BCUT2D eigenvalue weighted by Crippen LogP contribution is -2.00. The van der Waals surface area contributed by atoms with Crippen LogP contribution in [0.5, 0.6) is 5.75 Å². The first-order chi connectivity index (χ1) is 7.49. The summed E-state index contributed by atoms with van der Waals surface area (Å²) in [5, 5.41) is 19.1. The van der Waals surface area contributed by atoms with Crippen molar-refractivity contribution >= 4 is 16.9 Å². The highest BCUT2D eigenvalue weighted by molar-refractivity contribution is 5.93. The van der Waals surface area contributed by atoms with Crippen molar-refractivity contribution in [3.63, 3.8) is 0 Å². The van der Waals surface area contributed by atoms with Crippen LogP contribution in [0.15, 0.2) is 18.2 Å². The van der Waals surface area contributed by atoms with Crippen molar-refractivity contribution in [2.24, 2.45) is 0 Å². The number of hydrogen-bond acceptors (Lipinski definition) is 3. The van der Waals surface area contributed by atoms with Crippen molar-refractivity contribution in [1.82, 2.24) is 4.98 Å². The Morgan fingerprint density at radius 3 is 2.44 bits per heavy atom. The van der Waals surface area contributed by atoms with E-state index in [-0.39, 0.29) is 11.4 Å². The average molecular weight is 217 g/mol. The van der Waals surface area contributed by atoms with E-state index in [4.69, 9.17) is 5.11 Å². The molecule has 1 aromatic heterocycles. The van der Waals surface area contributed by atoms with Crippen LogP contribution in [0.25, 0.3) is 10.9 Å². The number of nitrogens with zero attached hydrogens (tertiary/aromatic N) is 1. The van der Waals surface area contributed by atoms with Crippen molar-refractivity contribution in [3.8, 4) is 5.75 Å². The minimum Gasteiger partial charge on any atom is -0.507 e. The molecule has 0 unspecified atom stereocenters. The second kappa shape index (κ2) is 3.48. The minimum atomic E-state index is -1.14. The Kier molecular flexibility index (Phi) is 2.27. The number of carboxylic acids is 1. The smallest absolute Gasteiger partial charge is 0.354 e. The molecule has 0 spiro atoms. The van der Waals surface area contributed by atoms with Gasteiger partial charge in [0.05, 0.1) is 5.52 Å². The molecule has 1 aromatic carbocycles. The predicted octanol–water partition coefficient (Wildman–Crippen LogP) is 2.26. The molecule has 2 N–H and O–H groups in total. The van der Waals surface area contributed by atoms with E-state index in [9.17, 15) is 9.90 Å². The number of rotatable bonds is 1. The van der Waals surface area contributed by atoms with Crippen LogP contribution < -0.4 is 0 Å². The van der Waals surface area contributed by atoms with Gasteiger partial charge in [-0.1, -0.05) is 0 Å². The summed E-state index contributed by atoms with van der Waals surface area (Å²) in [6, 6.07) is 4.74. The molecule has 0 saturated carbocycles. The molecule has 0 amide bonds. The molecule has 4 heteroatoms. The van der Waals surface area contributed by atoms with Crippen molar-refractivity contribution in [3.05, 3.63) is 35.0 Å². The second-order valence-corrected chi connectivity index (χ2v) is 3.79. The Hall–Kier alpha value is -2.10. The van der Waals surface area contributed by atoms with E-state index in [1.54, 1.807) is 12.1 Å². The van der Waals surface area contributed by atoms with Gasteiger partial charge < -0.3 is 10.2 Å². The quantitative estimate of drug-likeness (QED) is 0.768. The molecule has 0 aliphatic rings. The molecule has 0 saturated heterocycles. The third-order valence-corrected chi connectivity index (χ3v) is 2.62. The van der Waals surface area contributed by atoms with Gasteiger partial charge in [0, 0.05) is 11.5 Å². The molecule has 4 nitrogen and oxygen atoms in total. The second-order valence-electron chi connectivity index (χ2n) is 3.79. The zero-order valence-corrected chi connectivity index (χ0v) is 8.98. The Bertz CT molecular complexity index is 590. The van der Waals surface area contributed by atoms with E-state index in [2.05, 4.69) is 4.98 Å². The fraction of sp³-hybridized carbons (Fsp3) is 0.167. The first-order valence-electron chi connectivity index (χ1n) is 4.83. The summed E-state index contributed by atoms with van der Waals surface area (Å²) < 4.78 is 0. The van der Waals surface area contributed by atoms with Crippen LogP contribution >= 0.6 is 0 Å². The molecule has 0 atom stereocenters. The molecule has 0 bridgehead atoms. The molecular weight excluding hydrogens is 206 g/mol. The summed E-state index contributed by atoms with van der Waals surface area (Å²) in [7, 11) is 0. The third-order valence-electron chi connectivity index (χ3n) is 2.62. The lowest BCUT2D eigenvalue weighted by molar-refractivity contribution is 0.0690. The number of aromatic carboxylic acids is 1. The lowest BCUT2D eigenvalue weighted by atomic mass is 10.1. The number of fused-ring (bicyclic) bond motifs is 1. The van der Waals surface area contributed by atoms with Gasteiger partial charge in [0.15, 0.2) is 5.69 Å². The van der Waals surface area contributed by atoms with E-state index in [0.717, 1.165) is 11.1 Å². The molecule has 16 heavy (non-hydrogen) atoms. The number of benzene rings is 1. The number of aromatic hydroxyl groups is 1. The normalized spacial score (nSPS) is 10.6. The SMILES string of the molecule is Cc1cc2nc(C(=O)O)cc(O)c2cc1C. The number of aromatic nitrogens is 1. The standard InChI is InChI=1S/C12H11NO3/c1-6-3-8-9(4-7(6)2)13-10(12(15)16)5-11(8)14/h3-5H,1-2H3,(H,13,14)(H,15,16). The van der Waals surface area contributed by atoms with Gasteiger partial charge in [0.1, 0.15) is 5.75 Å². The summed E-state index contributed by atoms with van der Waals surface area (Å²) in [6.07, 6.45) is 0. The molecule has 0 aliphatic carbocycles. The monoisotopic (exact) mass is 217 g/mol. The molecule has 0 aliphatic heterocycles. The molecule has 2 aromatic rings. The molecule has 2 rings (SSSR count). The summed E-state index contributed by atoms with van der Waals surface area (Å²) in [5.41, 5.74) is 2.41. The molecule has 1 heterocycles. The molecule has 0 fully saturated rings. The van der Waals surface area contributed by atoms with Gasteiger partial charge in [-0.15, -0.1) is 0 Å². The summed E-state index contributed by atoms with van der Waals surface area (Å²) >= 11 is 0. The van der Waals surface area contributed by atoms with Crippen LogP contribution in [0.2, 0.25) is 0 Å². The summed E-state index contributed by atoms with van der Waals surface area (Å²) in [4.78, 5) is 14.8. The van der Waals surface area contributed by atoms with Crippen LogP contribution in [0.4, 0.5) is 0 Å².